The summed E-state index contributed by atoms with van der Waals surface area (Å²) >= 11 is 0. The summed E-state index contributed by atoms with van der Waals surface area (Å²) in [6.07, 6.45) is 3.55. The molecular weight excluding hydrogens is 416 g/mol. The van der Waals surface area contributed by atoms with Gasteiger partial charge in [-0.1, -0.05) is 24.3 Å². The molecule has 0 atom stereocenters. The molecule has 0 aliphatic heterocycles. The average Bonchev–Trinajstić information content (AvgIpc) is 3.25. The molecule has 0 fully saturated rings. The van der Waals surface area contributed by atoms with E-state index in [1.54, 1.807) is 42.6 Å². The number of para-hydroxylation sites is 1. The topological polar surface area (TPSA) is 94.8 Å². The van der Waals surface area contributed by atoms with Crippen LogP contribution in [-0.4, -0.2) is 30.4 Å². The van der Waals surface area contributed by atoms with Gasteiger partial charge in [0.2, 0.25) is 5.88 Å². The van der Waals surface area contributed by atoms with Gasteiger partial charge in [-0.25, -0.2) is 15.0 Å². The number of aryl methyl sites for hydroxylation is 2. The fraction of sp³-hybridized carbons (Fsp3) is 0.0800. The number of imidazole rings is 1. The molecule has 5 rings (SSSR count). The Kier molecular flexibility index (Phi) is 5.24. The van der Waals surface area contributed by atoms with Crippen LogP contribution in [0.3, 0.4) is 0 Å². The molecule has 0 aliphatic rings. The van der Waals surface area contributed by atoms with E-state index < -0.39 is 0 Å². The van der Waals surface area contributed by atoms with Gasteiger partial charge in [-0.15, -0.1) is 0 Å². The first-order valence-electron chi connectivity index (χ1n) is 10.4. The van der Waals surface area contributed by atoms with E-state index in [0.29, 0.717) is 34.7 Å². The van der Waals surface area contributed by atoms with Crippen LogP contribution in [0, 0.1) is 13.8 Å². The van der Waals surface area contributed by atoms with E-state index in [2.05, 4.69) is 25.3 Å². The Labute approximate surface area is 190 Å². The molecule has 162 valence electrons. The summed E-state index contributed by atoms with van der Waals surface area (Å²) in [6, 6.07) is 20.1. The minimum Gasteiger partial charge on any atom is -0.439 e. The number of nitrogens with one attached hydrogen (secondary N) is 1. The molecule has 5 aromatic rings. The Bertz CT molecular complexity index is 1460. The molecule has 0 aliphatic carbocycles. The number of hydrogen-bond donors (Lipinski definition) is 1. The van der Waals surface area contributed by atoms with Crippen LogP contribution in [0.1, 0.15) is 22.1 Å². The van der Waals surface area contributed by atoms with Crippen LogP contribution in [-0.2, 0) is 0 Å². The lowest BCUT2D eigenvalue weighted by atomic mass is 10.2. The third-order valence-electron chi connectivity index (χ3n) is 5.04. The van der Waals surface area contributed by atoms with Gasteiger partial charge in [-0.2, -0.15) is 4.98 Å². The van der Waals surface area contributed by atoms with Crippen LogP contribution >= 0.6 is 0 Å². The van der Waals surface area contributed by atoms with E-state index in [9.17, 15) is 4.79 Å². The Morgan fingerprint density at radius 3 is 2.55 bits per heavy atom. The first kappa shape index (κ1) is 20.3. The predicted octanol–water partition coefficient (Wildman–Crippen LogP) is 4.87. The summed E-state index contributed by atoms with van der Waals surface area (Å²) in [5, 5.41) is 3.85. The van der Waals surface area contributed by atoms with Crippen molar-refractivity contribution >= 4 is 22.5 Å². The monoisotopic (exact) mass is 436 g/mol. The molecule has 8 nitrogen and oxygen atoms in total. The Morgan fingerprint density at radius 1 is 0.939 bits per heavy atom. The lowest BCUT2D eigenvalue weighted by molar-refractivity contribution is 0.102. The fourth-order valence-corrected chi connectivity index (χ4v) is 3.44. The third kappa shape index (κ3) is 4.40. The summed E-state index contributed by atoms with van der Waals surface area (Å²) in [6.45, 7) is 3.71. The van der Waals surface area contributed by atoms with Gasteiger partial charge in [0.15, 0.2) is 0 Å². The summed E-state index contributed by atoms with van der Waals surface area (Å²) in [7, 11) is 0. The first-order valence-corrected chi connectivity index (χ1v) is 10.4. The highest BCUT2D eigenvalue weighted by Crippen LogP contribution is 2.24. The van der Waals surface area contributed by atoms with Gasteiger partial charge in [0.1, 0.15) is 28.9 Å². The summed E-state index contributed by atoms with van der Waals surface area (Å²) in [5.74, 6) is 2.81. The molecule has 0 saturated heterocycles. The summed E-state index contributed by atoms with van der Waals surface area (Å²) < 4.78 is 7.78. The van der Waals surface area contributed by atoms with Crippen molar-refractivity contribution in [3.63, 3.8) is 0 Å². The van der Waals surface area contributed by atoms with Crippen molar-refractivity contribution in [2.24, 2.45) is 0 Å². The van der Waals surface area contributed by atoms with Gasteiger partial charge >= 0.3 is 0 Å². The number of pyridine rings is 1. The molecular formula is C25H20N6O2. The molecule has 0 radical (unpaired) electrons. The van der Waals surface area contributed by atoms with Crippen molar-refractivity contribution in [1.29, 1.82) is 0 Å². The van der Waals surface area contributed by atoms with Crippen LogP contribution in [0.15, 0.2) is 79.1 Å². The zero-order valence-corrected chi connectivity index (χ0v) is 18.1. The first-order chi connectivity index (χ1) is 16.0. The highest BCUT2D eigenvalue weighted by molar-refractivity contribution is 6.04. The van der Waals surface area contributed by atoms with Gasteiger partial charge in [0.05, 0.1) is 5.52 Å². The maximum Gasteiger partial charge on any atom is 0.274 e. The molecule has 0 bridgehead atoms. The number of amides is 1. The molecule has 0 unspecified atom stereocenters. The normalized spacial score (nSPS) is 10.8. The van der Waals surface area contributed by atoms with Crippen LogP contribution in [0.25, 0.3) is 16.7 Å². The number of rotatable bonds is 5. The van der Waals surface area contributed by atoms with Crippen molar-refractivity contribution < 1.29 is 9.53 Å². The quantitative estimate of drug-likeness (QED) is 0.422. The third-order valence-corrected chi connectivity index (χ3v) is 5.04. The lowest BCUT2D eigenvalue weighted by Gasteiger charge is -2.10. The molecule has 8 heteroatoms. The molecule has 1 N–H and O–H groups in total. The molecule has 1 amide bonds. The number of hydrogen-bond acceptors (Lipinski definition) is 6. The average molecular weight is 436 g/mol. The molecule has 0 spiro atoms. The van der Waals surface area contributed by atoms with E-state index in [1.807, 2.05) is 54.9 Å². The SMILES string of the molecule is Cc1nc(Oc2ccc(NC(=O)c3ccc4ccccc4n3)cc2)cc(-n2ccnc2C)n1. The highest BCUT2D eigenvalue weighted by Gasteiger charge is 2.10. The minimum atomic E-state index is -0.277. The number of fused-ring (bicyclic) bond motifs is 1. The Balaban J connectivity index is 1.30. The standard InChI is InChI=1S/C25H20N6O2/c1-16-27-23(31-14-13-26-17(31)2)15-24(28-16)33-20-10-8-19(9-11-20)29-25(32)22-12-7-18-5-3-4-6-21(18)30-22/h3-15H,1-2H3,(H,29,32). The van der Waals surface area contributed by atoms with Gasteiger partial charge in [0, 0.05) is 29.5 Å². The fourth-order valence-electron chi connectivity index (χ4n) is 3.44. The second kappa shape index (κ2) is 8.51. The van der Waals surface area contributed by atoms with Gasteiger partial charge in [0.25, 0.3) is 5.91 Å². The molecule has 3 aromatic heterocycles. The smallest absolute Gasteiger partial charge is 0.274 e. The van der Waals surface area contributed by atoms with E-state index in [-0.39, 0.29) is 5.91 Å². The number of nitrogens with zero attached hydrogens (tertiary/aromatic N) is 5. The van der Waals surface area contributed by atoms with Crippen LogP contribution in [0.2, 0.25) is 0 Å². The zero-order chi connectivity index (χ0) is 22.8. The number of carbonyl (C=O) groups excluding carboxylic acids is 1. The number of ether oxygens (including phenoxy) is 1. The Morgan fingerprint density at radius 2 is 1.76 bits per heavy atom. The van der Waals surface area contributed by atoms with Crippen LogP contribution in [0.4, 0.5) is 5.69 Å². The second-order valence-electron chi connectivity index (χ2n) is 7.43. The second-order valence-corrected chi connectivity index (χ2v) is 7.43. The van der Waals surface area contributed by atoms with E-state index in [1.165, 1.54) is 0 Å². The van der Waals surface area contributed by atoms with Crippen molar-refractivity contribution in [3.05, 3.63) is 96.5 Å². The largest absolute Gasteiger partial charge is 0.439 e. The molecule has 0 saturated carbocycles. The van der Waals surface area contributed by atoms with Gasteiger partial charge in [-0.05, 0) is 50.2 Å². The molecule has 33 heavy (non-hydrogen) atoms. The number of benzene rings is 2. The van der Waals surface area contributed by atoms with Crippen LogP contribution < -0.4 is 10.1 Å². The van der Waals surface area contributed by atoms with E-state index in [0.717, 1.165) is 16.7 Å². The zero-order valence-electron chi connectivity index (χ0n) is 18.1. The number of carbonyl (C=O) groups is 1. The molecule has 2 aromatic carbocycles. The Hall–Kier alpha value is -4.59. The van der Waals surface area contributed by atoms with Gasteiger partial charge in [-0.3, -0.25) is 9.36 Å². The summed E-state index contributed by atoms with van der Waals surface area (Å²) in [4.78, 5) is 30.1. The van der Waals surface area contributed by atoms with E-state index >= 15 is 0 Å². The maximum absolute atomic E-state index is 12.6. The van der Waals surface area contributed by atoms with Crippen molar-refractivity contribution in [2.75, 3.05) is 5.32 Å². The highest BCUT2D eigenvalue weighted by atomic mass is 16.5. The van der Waals surface area contributed by atoms with Crippen molar-refractivity contribution in [1.82, 2.24) is 24.5 Å². The van der Waals surface area contributed by atoms with Crippen molar-refractivity contribution in [2.45, 2.75) is 13.8 Å². The molecule has 3 heterocycles. The number of aromatic nitrogens is 5. The number of anilines is 1. The van der Waals surface area contributed by atoms with E-state index in [4.69, 9.17) is 4.74 Å². The maximum atomic E-state index is 12.6. The lowest BCUT2D eigenvalue weighted by Crippen LogP contribution is -2.13. The summed E-state index contributed by atoms with van der Waals surface area (Å²) in [5.41, 5.74) is 1.77. The minimum absolute atomic E-state index is 0.277. The van der Waals surface area contributed by atoms with Gasteiger partial charge < -0.3 is 10.1 Å². The van der Waals surface area contributed by atoms with Crippen LogP contribution in [0.5, 0.6) is 11.6 Å². The predicted molar refractivity (Wildman–Crippen MR) is 125 cm³/mol. The van der Waals surface area contributed by atoms with Crippen molar-refractivity contribution in [3.8, 4) is 17.4 Å².